The maximum atomic E-state index is 12.1. The van der Waals surface area contributed by atoms with Gasteiger partial charge in [0.2, 0.25) is 0 Å². The molecule has 37 heavy (non-hydrogen) atoms. The van der Waals surface area contributed by atoms with E-state index in [-0.39, 0.29) is 29.5 Å². The van der Waals surface area contributed by atoms with Crippen LogP contribution >= 0.6 is 0 Å². The molecule has 7 nitrogen and oxygen atoms in total. The lowest BCUT2D eigenvalue weighted by atomic mass is 9.46. The van der Waals surface area contributed by atoms with E-state index in [0.717, 1.165) is 42.5 Å². The molecule has 1 aromatic heterocycles. The van der Waals surface area contributed by atoms with Gasteiger partial charge in [-0.2, -0.15) is 5.10 Å². The fraction of sp³-hybridized carbons (Fsp3) is 0.533. The van der Waals surface area contributed by atoms with Gasteiger partial charge < -0.3 is 19.3 Å². The molecular formula is C30H36N2O5. The second-order valence-corrected chi connectivity index (χ2v) is 11.7. The Labute approximate surface area is 217 Å². The number of hydrogen-bond acceptors (Lipinski definition) is 6. The number of aliphatic hydroxyl groups is 1. The second kappa shape index (κ2) is 9.22. The molecule has 4 aliphatic rings. The Morgan fingerprint density at radius 1 is 1.22 bits per heavy atom. The number of fused-ring (bicyclic) bond motifs is 3. The molecule has 2 aromatic rings. The standard InChI is InChI=1S/C30H36N2O5/c1-18-9-12-24-29(2,22(18)11-10-20-23(33)16-35-27(20)34)14-13-25-30(24,3)17-36-28(37-25)21-15-31-32-26(21)19-7-5-4-6-8-19/h4-8,10,15,22-25,28,33H,1,9,11-14,16-17H2,2-3H3,(H,31,32)/b20-10+/t22-,23?,24+,25-,28?,29+,30+/m1/s1. The third-order valence-corrected chi connectivity index (χ3v) is 9.67. The number of H-pyrrole nitrogens is 1. The van der Waals surface area contributed by atoms with Gasteiger partial charge in [-0.15, -0.1) is 0 Å². The third-order valence-electron chi connectivity index (χ3n) is 9.67. The van der Waals surface area contributed by atoms with E-state index >= 15 is 0 Å². The highest BCUT2D eigenvalue weighted by Gasteiger charge is 2.60. The molecule has 0 bridgehead atoms. The molecule has 0 amide bonds. The van der Waals surface area contributed by atoms with Crippen LogP contribution in [0.2, 0.25) is 0 Å². The number of nitrogens with one attached hydrogen (secondary N) is 1. The fourth-order valence-corrected chi connectivity index (χ4v) is 7.67. The van der Waals surface area contributed by atoms with Crippen molar-refractivity contribution in [1.29, 1.82) is 0 Å². The van der Waals surface area contributed by atoms with Gasteiger partial charge in [0.25, 0.3) is 0 Å². The molecule has 7 atom stereocenters. The summed E-state index contributed by atoms with van der Waals surface area (Å²) in [6.07, 6.45) is 7.16. The van der Waals surface area contributed by atoms with Crippen LogP contribution in [0.5, 0.6) is 0 Å². The smallest absolute Gasteiger partial charge is 0.336 e. The summed E-state index contributed by atoms with van der Waals surface area (Å²) in [6, 6.07) is 10.2. The average Bonchev–Trinajstić information content (AvgIpc) is 3.50. The highest BCUT2D eigenvalue weighted by Crippen LogP contribution is 2.64. The minimum Gasteiger partial charge on any atom is -0.459 e. The molecule has 2 aliphatic heterocycles. The predicted molar refractivity (Wildman–Crippen MR) is 138 cm³/mol. The first-order valence-electron chi connectivity index (χ1n) is 13.4. The number of aliphatic hydroxyl groups excluding tert-OH is 1. The SMILES string of the molecule is C=C1CC[C@@H]2[C@]3(C)COC(c4cn[nH]c4-c4ccccc4)O[C@@H]3CC[C@@]2(C)[C@@H]1C/C=C1/C(=O)OCC1O. The first-order valence-corrected chi connectivity index (χ1v) is 13.4. The molecule has 2 unspecified atom stereocenters. The molecule has 7 heteroatoms. The number of cyclic esters (lactones) is 1. The van der Waals surface area contributed by atoms with Crippen molar-refractivity contribution in [3.63, 3.8) is 0 Å². The summed E-state index contributed by atoms with van der Waals surface area (Å²) in [5.74, 6) is 0.223. The van der Waals surface area contributed by atoms with E-state index in [1.54, 1.807) is 0 Å². The molecule has 6 rings (SSSR count). The number of benzene rings is 1. The minimum atomic E-state index is -0.831. The van der Waals surface area contributed by atoms with E-state index in [1.807, 2.05) is 30.5 Å². The second-order valence-electron chi connectivity index (χ2n) is 11.7. The van der Waals surface area contributed by atoms with E-state index in [2.05, 4.69) is 42.8 Å². The highest BCUT2D eigenvalue weighted by molar-refractivity contribution is 5.91. The van der Waals surface area contributed by atoms with E-state index < -0.39 is 18.4 Å². The molecule has 2 aliphatic carbocycles. The van der Waals surface area contributed by atoms with Crippen molar-refractivity contribution in [3.8, 4) is 11.3 Å². The quantitative estimate of drug-likeness (QED) is 0.341. The molecule has 2 N–H and O–H groups in total. The minimum absolute atomic E-state index is 0.00943. The lowest BCUT2D eigenvalue weighted by Gasteiger charge is -2.62. The van der Waals surface area contributed by atoms with Crippen molar-refractivity contribution in [2.24, 2.45) is 22.7 Å². The van der Waals surface area contributed by atoms with Crippen molar-refractivity contribution in [2.75, 3.05) is 13.2 Å². The Balaban J connectivity index is 1.23. The van der Waals surface area contributed by atoms with Gasteiger partial charge in [0, 0.05) is 5.41 Å². The first kappa shape index (κ1) is 24.6. The van der Waals surface area contributed by atoms with Crippen LogP contribution in [-0.4, -0.2) is 46.7 Å². The molecule has 4 fully saturated rings. The van der Waals surface area contributed by atoms with Gasteiger partial charge in [0.15, 0.2) is 6.29 Å². The van der Waals surface area contributed by atoms with Gasteiger partial charge in [-0.05, 0) is 54.9 Å². The van der Waals surface area contributed by atoms with Gasteiger partial charge in [-0.25, -0.2) is 4.79 Å². The zero-order valence-electron chi connectivity index (χ0n) is 21.6. The lowest BCUT2D eigenvalue weighted by molar-refractivity contribution is -0.307. The number of allylic oxidation sites excluding steroid dienone is 2. The van der Waals surface area contributed by atoms with E-state index in [4.69, 9.17) is 14.2 Å². The fourth-order valence-electron chi connectivity index (χ4n) is 7.67. The van der Waals surface area contributed by atoms with Crippen LogP contribution in [0.3, 0.4) is 0 Å². The molecule has 0 radical (unpaired) electrons. The summed E-state index contributed by atoms with van der Waals surface area (Å²) in [4.78, 5) is 12.1. The Morgan fingerprint density at radius 3 is 2.78 bits per heavy atom. The van der Waals surface area contributed by atoms with E-state index in [1.165, 1.54) is 5.57 Å². The van der Waals surface area contributed by atoms with Crippen LogP contribution in [-0.2, 0) is 19.0 Å². The van der Waals surface area contributed by atoms with E-state index in [0.29, 0.717) is 24.5 Å². The van der Waals surface area contributed by atoms with Crippen LogP contribution in [0.25, 0.3) is 11.3 Å². The zero-order chi connectivity index (χ0) is 25.8. The Bertz CT molecular complexity index is 1220. The van der Waals surface area contributed by atoms with Crippen LogP contribution in [0.1, 0.15) is 57.8 Å². The van der Waals surface area contributed by atoms with Gasteiger partial charge in [0.05, 0.1) is 35.7 Å². The zero-order valence-corrected chi connectivity index (χ0v) is 21.6. The molecular weight excluding hydrogens is 468 g/mol. The monoisotopic (exact) mass is 504 g/mol. The van der Waals surface area contributed by atoms with E-state index in [9.17, 15) is 9.90 Å². The van der Waals surface area contributed by atoms with Crippen molar-refractivity contribution in [3.05, 3.63) is 65.9 Å². The number of aromatic amines is 1. The van der Waals surface area contributed by atoms with Crippen molar-refractivity contribution >= 4 is 5.97 Å². The van der Waals surface area contributed by atoms with Gasteiger partial charge in [0.1, 0.15) is 12.7 Å². The normalized spacial score (nSPS) is 38.8. The Morgan fingerprint density at radius 2 is 2.03 bits per heavy atom. The lowest BCUT2D eigenvalue weighted by Crippen LogP contribution is -2.60. The first-order chi connectivity index (χ1) is 17.8. The molecule has 2 saturated carbocycles. The van der Waals surface area contributed by atoms with Crippen molar-refractivity contribution in [2.45, 2.75) is 64.4 Å². The van der Waals surface area contributed by atoms with Gasteiger partial charge in [-0.3, -0.25) is 5.10 Å². The van der Waals surface area contributed by atoms with Crippen LogP contribution in [0.15, 0.2) is 60.3 Å². The summed E-state index contributed by atoms with van der Waals surface area (Å²) in [6.45, 7) is 9.82. The highest BCUT2D eigenvalue weighted by atomic mass is 16.7. The van der Waals surface area contributed by atoms with Crippen molar-refractivity contribution < 1.29 is 24.1 Å². The predicted octanol–water partition coefficient (Wildman–Crippen LogP) is 5.11. The van der Waals surface area contributed by atoms with Crippen molar-refractivity contribution in [1.82, 2.24) is 10.2 Å². The van der Waals surface area contributed by atoms with Gasteiger partial charge in [-0.1, -0.05) is 62.4 Å². The number of nitrogens with zero attached hydrogens (tertiary/aromatic N) is 1. The number of hydrogen-bond donors (Lipinski definition) is 2. The number of carbonyl (C=O) groups is 1. The maximum absolute atomic E-state index is 12.1. The summed E-state index contributed by atoms with van der Waals surface area (Å²) in [5.41, 5.74) is 4.44. The third kappa shape index (κ3) is 3.99. The van der Waals surface area contributed by atoms with Gasteiger partial charge >= 0.3 is 5.97 Å². The van der Waals surface area contributed by atoms with Crippen LogP contribution < -0.4 is 0 Å². The summed E-state index contributed by atoms with van der Waals surface area (Å²) >= 11 is 0. The molecule has 3 heterocycles. The molecule has 196 valence electrons. The van der Waals surface area contributed by atoms with Crippen LogP contribution in [0, 0.1) is 22.7 Å². The molecule has 2 saturated heterocycles. The maximum Gasteiger partial charge on any atom is 0.336 e. The number of ether oxygens (including phenoxy) is 3. The Hall–Kier alpha value is -2.74. The summed E-state index contributed by atoms with van der Waals surface area (Å²) < 4.78 is 18.2. The molecule has 1 aromatic carbocycles. The largest absolute Gasteiger partial charge is 0.459 e. The number of aromatic nitrogens is 2. The number of carbonyl (C=O) groups excluding carboxylic acids is 1. The Kier molecular flexibility index (Phi) is 6.13. The average molecular weight is 505 g/mol. The number of rotatable bonds is 4. The number of esters is 1. The summed E-state index contributed by atoms with van der Waals surface area (Å²) in [5, 5.41) is 17.6. The van der Waals surface area contributed by atoms with Crippen LogP contribution in [0.4, 0.5) is 0 Å². The topological polar surface area (TPSA) is 93.7 Å². The molecule has 0 spiro atoms. The summed E-state index contributed by atoms with van der Waals surface area (Å²) in [7, 11) is 0.